The predicted octanol–water partition coefficient (Wildman–Crippen LogP) is 1.38. The minimum absolute atomic E-state index is 0. The van der Waals surface area contributed by atoms with Crippen molar-refractivity contribution in [2.45, 2.75) is 13.5 Å². The van der Waals surface area contributed by atoms with Crippen molar-refractivity contribution in [3.8, 4) is 11.6 Å². The van der Waals surface area contributed by atoms with E-state index in [1.807, 2.05) is 13.0 Å². The zero-order valence-electron chi connectivity index (χ0n) is 12.6. The molecule has 22 heavy (non-hydrogen) atoms. The number of guanidine groups is 1. The fourth-order valence-electron chi connectivity index (χ4n) is 1.66. The van der Waals surface area contributed by atoms with Gasteiger partial charge in [-0.2, -0.15) is 0 Å². The van der Waals surface area contributed by atoms with E-state index >= 15 is 0 Å². The van der Waals surface area contributed by atoms with Crippen LogP contribution < -0.4 is 10.6 Å². The van der Waals surface area contributed by atoms with Crippen molar-refractivity contribution in [2.75, 3.05) is 26.8 Å². The van der Waals surface area contributed by atoms with Crippen LogP contribution in [0, 0.1) is 0 Å². The van der Waals surface area contributed by atoms with E-state index in [9.17, 15) is 0 Å². The van der Waals surface area contributed by atoms with Gasteiger partial charge in [-0.25, -0.2) is 4.98 Å². The van der Waals surface area contributed by atoms with Crippen molar-refractivity contribution in [3.05, 3.63) is 24.2 Å². The van der Waals surface area contributed by atoms with Crippen molar-refractivity contribution in [2.24, 2.45) is 4.99 Å². The number of rotatable bonds is 7. The lowest BCUT2D eigenvalue weighted by Crippen LogP contribution is -2.38. The number of halogens is 1. The largest absolute Gasteiger partial charge is 0.461 e. The molecule has 0 atom stereocenters. The number of aromatic amines is 1. The Morgan fingerprint density at radius 3 is 3.00 bits per heavy atom. The van der Waals surface area contributed by atoms with Crippen molar-refractivity contribution in [1.82, 2.24) is 25.8 Å². The average Bonchev–Trinajstić information content (AvgIpc) is 3.17. The molecule has 0 amide bonds. The van der Waals surface area contributed by atoms with E-state index in [0.29, 0.717) is 49.7 Å². The average molecular weight is 420 g/mol. The maximum atomic E-state index is 5.25. The fourth-order valence-corrected chi connectivity index (χ4v) is 1.66. The standard InChI is InChI=1S/C13H20N6O2.HI/c1-3-20-8-6-15-13(14-2)16-9-11-17-12(19-18-11)10-5-4-7-21-10;/h4-5,7H,3,6,8-9H2,1-2H3,(H2,14,15,16)(H,17,18,19);1H. The van der Waals surface area contributed by atoms with Gasteiger partial charge in [0.25, 0.3) is 0 Å². The molecule has 0 aliphatic heterocycles. The molecule has 3 N–H and O–H groups in total. The van der Waals surface area contributed by atoms with E-state index in [0.717, 1.165) is 0 Å². The Morgan fingerprint density at radius 2 is 2.32 bits per heavy atom. The molecule has 0 unspecified atom stereocenters. The molecule has 0 saturated carbocycles. The molecule has 0 radical (unpaired) electrons. The number of nitrogens with one attached hydrogen (secondary N) is 3. The van der Waals surface area contributed by atoms with Crippen LogP contribution >= 0.6 is 24.0 Å². The zero-order chi connectivity index (χ0) is 14.9. The Balaban J connectivity index is 0.00000242. The van der Waals surface area contributed by atoms with Crippen LogP contribution in [0.2, 0.25) is 0 Å². The van der Waals surface area contributed by atoms with E-state index in [1.54, 1.807) is 19.4 Å². The number of aliphatic imine (C=N–C) groups is 1. The molecule has 0 aliphatic rings. The Morgan fingerprint density at radius 1 is 1.45 bits per heavy atom. The van der Waals surface area contributed by atoms with E-state index in [1.165, 1.54) is 0 Å². The Labute approximate surface area is 146 Å². The first-order valence-corrected chi connectivity index (χ1v) is 6.81. The minimum atomic E-state index is 0. The molecule has 0 aliphatic carbocycles. The third kappa shape index (κ3) is 5.64. The first-order chi connectivity index (χ1) is 10.3. The number of nitrogens with zero attached hydrogens (tertiary/aromatic N) is 3. The molecule has 2 heterocycles. The van der Waals surface area contributed by atoms with Gasteiger partial charge in [0.15, 0.2) is 11.7 Å². The summed E-state index contributed by atoms with van der Waals surface area (Å²) in [5, 5.41) is 13.2. The van der Waals surface area contributed by atoms with Gasteiger partial charge in [0.05, 0.1) is 19.4 Å². The highest BCUT2D eigenvalue weighted by Crippen LogP contribution is 2.13. The molecule has 0 bridgehead atoms. The quantitative estimate of drug-likeness (QED) is 0.271. The lowest BCUT2D eigenvalue weighted by molar-refractivity contribution is 0.152. The van der Waals surface area contributed by atoms with E-state index in [2.05, 4.69) is 30.8 Å². The highest BCUT2D eigenvalue weighted by Gasteiger charge is 2.08. The molecule has 8 nitrogen and oxygen atoms in total. The molecule has 0 aromatic carbocycles. The third-order valence-corrected chi connectivity index (χ3v) is 2.66. The minimum Gasteiger partial charge on any atom is -0.461 e. The first-order valence-electron chi connectivity index (χ1n) is 6.81. The Hall–Kier alpha value is -1.62. The second kappa shape index (κ2) is 10.2. The smallest absolute Gasteiger partial charge is 0.216 e. The number of aromatic nitrogens is 3. The molecule has 2 aromatic heterocycles. The van der Waals surface area contributed by atoms with Gasteiger partial charge in [-0.05, 0) is 19.1 Å². The monoisotopic (exact) mass is 420 g/mol. The third-order valence-electron chi connectivity index (χ3n) is 2.66. The van der Waals surface area contributed by atoms with Gasteiger partial charge in [0, 0.05) is 20.2 Å². The van der Waals surface area contributed by atoms with Gasteiger partial charge in [0.1, 0.15) is 5.82 Å². The summed E-state index contributed by atoms with van der Waals surface area (Å²) < 4.78 is 10.5. The molecule has 0 spiro atoms. The van der Waals surface area contributed by atoms with Crippen LogP contribution in [0.25, 0.3) is 11.6 Å². The van der Waals surface area contributed by atoms with Crippen LogP contribution in [0.3, 0.4) is 0 Å². The fraction of sp³-hybridized carbons (Fsp3) is 0.462. The summed E-state index contributed by atoms with van der Waals surface area (Å²) >= 11 is 0. The van der Waals surface area contributed by atoms with Gasteiger partial charge in [-0.15, -0.1) is 29.1 Å². The van der Waals surface area contributed by atoms with Gasteiger partial charge < -0.3 is 19.8 Å². The Kier molecular flexibility index (Phi) is 8.51. The summed E-state index contributed by atoms with van der Waals surface area (Å²) in [6.07, 6.45) is 1.59. The van der Waals surface area contributed by atoms with Crippen molar-refractivity contribution in [1.29, 1.82) is 0 Å². The van der Waals surface area contributed by atoms with Crippen LogP contribution in [0.15, 0.2) is 27.8 Å². The summed E-state index contributed by atoms with van der Waals surface area (Å²) in [5.41, 5.74) is 0. The van der Waals surface area contributed by atoms with Crippen LogP contribution in [-0.4, -0.2) is 47.9 Å². The van der Waals surface area contributed by atoms with Crippen LogP contribution in [0.4, 0.5) is 0 Å². The maximum absolute atomic E-state index is 5.25. The van der Waals surface area contributed by atoms with Crippen LogP contribution in [0.1, 0.15) is 12.7 Å². The normalized spacial score (nSPS) is 11.1. The Bertz CT molecular complexity index is 555. The summed E-state index contributed by atoms with van der Waals surface area (Å²) in [7, 11) is 1.71. The second-order valence-corrected chi connectivity index (χ2v) is 4.13. The maximum Gasteiger partial charge on any atom is 0.216 e. The summed E-state index contributed by atoms with van der Waals surface area (Å²) in [6.45, 7) is 4.50. The van der Waals surface area contributed by atoms with E-state index in [-0.39, 0.29) is 24.0 Å². The molecule has 9 heteroatoms. The van der Waals surface area contributed by atoms with Gasteiger partial charge >= 0.3 is 0 Å². The van der Waals surface area contributed by atoms with Crippen molar-refractivity contribution >= 4 is 29.9 Å². The van der Waals surface area contributed by atoms with Gasteiger partial charge in [-0.1, -0.05) is 0 Å². The molecule has 0 saturated heterocycles. The van der Waals surface area contributed by atoms with Crippen molar-refractivity contribution in [3.63, 3.8) is 0 Å². The van der Waals surface area contributed by atoms with E-state index < -0.39 is 0 Å². The number of hydrogen-bond donors (Lipinski definition) is 3. The van der Waals surface area contributed by atoms with Crippen LogP contribution in [-0.2, 0) is 11.3 Å². The summed E-state index contributed by atoms with van der Waals surface area (Å²) in [5.74, 6) is 2.56. The lowest BCUT2D eigenvalue weighted by Gasteiger charge is -2.10. The molecular weight excluding hydrogens is 399 g/mol. The second-order valence-electron chi connectivity index (χ2n) is 4.13. The number of furan rings is 1. The summed E-state index contributed by atoms with van der Waals surface area (Å²) in [6, 6.07) is 3.61. The molecule has 122 valence electrons. The van der Waals surface area contributed by atoms with Gasteiger partial charge in [-0.3, -0.25) is 10.1 Å². The molecule has 2 aromatic rings. The van der Waals surface area contributed by atoms with Crippen molar-refractivity contribution < 1.29 is 9.15 Å². The predicted molar refractivity (Wildman–Crippen MR) is 94.2 cm³/mol. The SMILES string of the molecule is CCOCCNC(=NC)NCc1nc(-c2ccco2)n[nH]1.I. The zero-order valence-corrected chi connectivity index (χ0v) is 15.0. The van der Waals surface area contributed by atoms with Crippen LogP contribution in [0.5, 0.6) is 0 Å². The number of ether oxygens (including phenoxy) is 1. The highest BCUT2D eigenvalue weighted by atomic mass is 127. The topological polar surface area (TPSA) is 100 Å². The highest BCUT2D eigenvalue weighted by molar-refractivity contribution is 14.0. The lowest BCUT2D eigenvalue weighted by atomic mass is 10.4. The van der Waals surface area contributed by atoms with Gasteiger partial charge in [0.2, 0.25) is 5.82 Å². The molecule has 2 rings (SSSR count). The summed E-state index contributed by atoms with van der Waals surface area (Å²) in [4.78, 5) is 8.45. The number of hydrogen-bond acceptors (Lipinski definition) is 5. The van der Waals surface area contributed by atoms with E-state index in [4.69, 9.17) is 9.15 Å². The molecular formula is C13H21IN6O2. The first kappa shape index (κ1) is 18.4. The molecule has 0 fully saturated rings. The number of H-pyrrole nitrogens is 1.